The predicted molar refractivity (Wildman–Crippen MR) is 107 cm³/mol. The second kappa shape index (κ2) is 8.22. The first-order chi connectivity index (χ1) is 12.9. The lowest BCUT2D eigenvalue weighted by Gasteiger charge is -2.17. The first-order valence-corrected chi connectivity index (χ1v) is 9.20. The summed E-state index contributed by atoms with van der Waals surface area (Å²) < 4.78 is 0. The van der Waals surface area contributed by atoms with Crippen LogP contribution in [0.5, 0.6) is 5.75 Å². The molecule has 0 bridgehead atoms. The van der Waals surface area contributed by atoms with Crippen molar-refractivity contribution < 1.29 is 9.90 Å². The maximum Gasteiger partial charge on any atom is 0.228 e. The lowest BCUT2D eigenvalue weighted by molar-refractivity contribution is -0.115. The molecule has 1 heterocycles. The highest BCUT2D eigenvalue weighted by Crippen LogP contribution is 2.22. The Morgan fingerprint density at radius 1 is 1.19 bits per heavy atom. The van der Waals surface area contributed by atoms with Crippen LogP contribution in [0.15, 0.2) is 36.4 Å². The highest BCUT2D eigenvalue weighted by atomic mass is 16.3. The van der Waals surface area contributed by atoms with Crippen LogP contribution in [0.1, 0.15) is 35.1 Å². The van der Waals surface area contributed by atoms with Gasteiger partial charge in [-0.15, -0.1) is 0 Å². The van der Waals surface area contributed by atoms with Gasteiger partial charge in [0.2, 0.25) is 5.91 Å². The van der Waals surface area contributed by atoms with E-state index in [0.29, 0.717) is 11.1 Å². The Labute approximate surface area is 159 Å². The fourth-order valence-electron chi connectivity index (χ4n) is 3.41. The van der Waals surface area contributed by atoms with E-state index < -0.39 is 0 Å². The second-order valence-electron chi connectivity index (χ2n) is 7.11. The maximum atomic E-state index is 12.4. The van der Waals surface area contributed by atoms with Gasteiger partial charge in [0.25, 0.3) is 0 Å². The Balaban J connectivity index is 1.65. The smallest absolute Gasteiger partial charge is 0.228 e. The molecule has 142 valence electrons. The molecule has 0 radical (unpaired) electrons. The molecule has 0 spiro atoms. The highest BCUT2D eigenvalue weighted by Gasteiger charge is 2.14. The molecule has 2 aromatic carbocycles. The summed E-state index contributed by atoms with van der Waals surface area (Å²) in [5.74, 6) is -0.300. The number of carbonyl (C=O) groups is 1. The third-order valence-corrected chi connectivity index (χ3v) is 4.96. The number of carbonyl (C=O) groups excluding carboxylic acids is 1. The minimum absolute atomic E-state index is 0.0154. The largest absolute Gasteiger partial charge is 0.508 e. The average Bonchev–Trinajstić information content (AvgIpc) is 3.12. The number of nitrogen functional groups attached to an aromatic ring is 1. The van der Waals surface area contributed by atoms with Gasteiger partial charge < -0.3 is 16.2 Å². The zero-order valence-electron chi connectivity index (χ0n) is 15.6. The summed E-state index contributed by atoms with van der Waals surface area (Å²) in [5, 5.41) is 20.3. The fraction of sp³-hybridized carbons (Fsp3) is 0.333. The third kappa shape index (κ3) is 4.86. The number of nitrogens with one attached hydrogen (secondary N) is 2. The number of likely N-dealkylation sites (tertiary alicyclic amines) is 1. The average molecular weight is 366 g/mol. The molecule has 0 atom stereocenters. The molecule has 1 saturated heterocycles. The number of phenols is 1. The number of aryl methyl sites for hydroxylation is 1. The van der Waals surface area contributed by atoms with Crippen molar-refractivity contribution in [3.8, 4) is 5.75 Å². The molecule has 27 heavy (non-hydrogen) atoms. The number of phenolic OH excluding ortho intramolecular Hbond substituents is 1. The van der Waals surface area contributed by atoms with Crippen molar-refractivity contribution >= 4 is 17.4 Å². The summed E-state index contributed by atoms with van der Waals surface area (Å²) in [6.45, 7) is 5.32. The van der Waals surface area contributed by atoms with Gasteiger partial charge in [-0.2, -0.15) is 0 Å². The van der Waals surface area contributed by atoms with Crippen LogP contribution in [-0.2, 0) is 17.8 Å². The van der Waals surface area contributed by atoms with Crippen LogP contribution in [0.25, 0.3) is 0 Å². The van der Waals surface area contributed by atoms with Crippen LogP contribution in [0.2, 0.25) is 0 Å². The highest BCUT2D eigenvalue weighted by molar-refractivity contribution is 5.96. The number of aromatic hydroxyl groups is 1. The van der Waals surface area contributed by atoms with Crippen LogP contribution in [0.3, 0.4) is 0 Å². The zero-order chi connectivity index (χ0) is 19.4. The van der Waals surface area contributed by atoms with E-state index in [-0.39, 0.29) is 23.9 Å². The van der Waals surface area contributed by atoms with E-state index in [1.54, 1.807) is 12.1 Å². The number of nitrogens with zero attached hydrogens (tertiary/aromatic N) is 1. The SMILES string of the molecule is Cc1cc(NC(=O)Cc2cc(C(=N)N)ccc2O)ccc1CN1CCCC1. The summed E-state index contributed by atoms with van der Waals surface area (Å²) >= 11 is 0. The Morgan fingerprint density at radius 2 is 1.93 bits per heavy atom. The van der Waals surface area contributed by atoms with Crippen LogP contribution in [-0.4, -0.2) is 34.8 Å². The molecule has 0 unspecified atom stereocenters. The van der Waals surface area contributed by atoms with Crippen LogP contribution in [0.4, 0.5) is 5.69 Å². The van der Waals surface area contributed by atoms with E-state index in [4.69, 9.17) is 11.1 Å². The molecule has 1 fully saturated rings. The van der Waals surface area contributed by atoms with Gasteiger partial charge in [-0.3, -0.25) is 15.1 Å². The quantitative estimate of drug-likeness (QED) is 0.466. The van der Waals surface area contributed by atoms with Crippen molar-refractivity contribution in [3.63, 3.8) is 0 Å². The Morgan fingerprint density at radius 3 is 2.59 bits per heavy atom. The van der Waals surface area contributed by atoms with Gasteiger partial charge in [0.1, 0.15) is 11.6 Å². The second-order valence-corrected chi connectivity index (χ2v) is 7.11. The van der Waals surface area contributed by atoms with Crippen molar-refractivity contribution in [2.45, 2.75) is 32.7 Å². The van der Waals surface area contributed by atoms with Gasteiger partial charge in [0.05, 0.1) is 6.42 Å². The molecule has 6 heteroatoms. The van der Waals surface area contributed by atoms with Gasteiger partial charge in [0, 0.05) is 23.4 Å². The summed E-state index contributed by atoms with van der Waals surface area (Å²) in [5.41, 5.74) is 9.58. The van der Waals surface area contributed by atoms with E-state index in [1.165, 1.54) is 24.5 Å². The van der Waals surface area contributed by atoms with Crippen molar-refractivity contribution in [2.24, 2.45) is 5.73 Å². The number of amidine groups is 1. The van der Waals surface area contributed by atoms with Crippen molar-refractivity contribution in [3.05, 3.63) is 58.7 Å². The maximum absolute atomic E-state index is 12.4. The van der Waals surface area contributed by atoms with E-state index >= 15 is 0 Å². The lowest BCUT2D eigenvalue weighted by Crippen LogP contribution is -2.19. The Bertz CT molecular complexity index is 857. The van der Waals surface area contributed by atoms with Gasteiger partial charge in [0.15, 0.2) is 0 Å². The van der Waals surface area contributed by atoms with Crippen LogP contribution < -0.4 is 11.1 Å². The first kappa shape index (κ1) is 18.9. The molecule has 1 aliphatic heterocycles. The van der Waals surface area contributed by atoms with Crippen molar-refractivity contribution in [1.82, 2.24) is 4.90 Å². The topological polar surface area (TPSA) is 102 Å². The zero-order valence-corrected chi connectivity index (χ0v) is 15.6. The fourth-order valence-corrected chi connectivity index (χ4v) is 3.41. The molecule has 2 aromatic rings. The van der Waals surface area contributed by atoms with Gasteiger partial charge >= 0.3 is 0 Å². The number of nitrogens with two attached hydrogens (primary N) is 1. The number of benzene rings is 2. The van der Waals surface area contributed by atoms with E-state index in [9.17, 15) is 9.90 Å². The minimum Gasteiger partial charge on any atom is -0.508 e. The van der Waals surface area contributed by atoms with Gasteiger partial charge in [-0.1, -0.05) is 6.07 Å². The van der Waals surface area contributed by atoms with E-state index in [0.717, 1.165) is 30.9 Å². The first-order valence-electron chi connectivity index (χ1n) is 9.20. The summed E-state index contributed by atoms with van der Waals surface area (Å²) in [4.78, 5) is 14.8. The molecule has 1 amide bonds. The molecular weight excluding hydrogens is 340 g/mol. The van der Waals surface area contributed by atoms with E-state index in [1.807, 2.05) is 12.1 Å². The number of hydrogen-bond acceptors (Lipinski definition) is 4. The van der Waals surface area contributed by atoms with Gasteiger partial charge in [-0.05, 0) is 74.3 Å². The van der Waals surface area contributed by atoms with Crippen LogP contribution >= 0.6 is 0 Å². The molecule has 3 rings (SSSR count). The minimum atomic E-state index is -0.224. The van der Waals surface area contributed by atoms with E-state index in [2.05, 4.69) is 23.2 Å². The van der Waals surface area contributed by atoms with Gasteiger partial charge in [-0.25, -0.2) is 0 Å². The molecule has 1 aliphatic rings. The molecular formula is C21H26N4O2. The molecule has 6 nitrogen and oxygen atoms in total. The third-order valence-electron chi connectivity index (χ3n) is 4.96. The summed E-state index contributed by atoms with van der Waals surface area (Å²) in [7, 11) is 0. The normalized spacial score (nSPS) is 14.3. The van der Waals surface area contributed by atoms with Crippen LogP contribution in [0, 0.1) is 12.3 Å². The lowest BCUT2D eigenvalue weighted by atomic mass is 10.0. The number of amides is 1. The Kier molecular flexibility index (Phi) is 5.76. The predicted octanol–water partition coefficient (Wildman–Crippen LogP) is 2.76. The number of anilines is 1. The van der Waals surface area contributed by atoms with Crippen molar-refractivity contribution in [1.29, 1.82) is 5.41 Å². The standard InChI is InChI=1S/C21H26N4O2/c1-14-10-18(6-4-16(14)13-25-8-2-3-9-25)24-20(27)12-17-11-15(21(22)23)5-7-19(17)26/h4-7,10-11,26H,2-3,8-9,12-13H2,1H3,(H3,22,23)(H,24,27). The summed E-state index contributed by atoms with van der Waals surface area (Å²) in [6, 6.07) is 10.5. The Hall–Kier alpha value is -2.86. The monoisotopic (exact) mass is 366 g/mol. The number of hydrogen-bond donors (Lipinski definition) is 4. The molecule has 0 aromatic heterocycles. The molecule has 0 saturated carbocycles. The summed E-state index contributed by atoms with van der Waals surface area (Å²) in [6.07, 6.45) is 2.55. The molecule has 5 N–H and O–H groups in total. The van der Waals surface area contributed by atoms with Crippen molar-refractivity contribution in [2.75, 3.05) is 18.4 Å². The number of rotatable bonds is 6. The molecule has 0 aliphatic carbocycles.